The first-order valence-corrected chi connectivity index (χ1v) is 11.0. The number of pyridine rings is 1. The van der Waals surface area contributed by atoms with Gasteiger partial charge in [0.15, 0.2) is 0 Å². The maximum Gasteiger partial charge on any atom is 0.407 e. The SMILES string of the molecule is O=C(O)N1CCC(n2cc(-c3cnc4[nH]cc(C=Cc5ccc(F)cc5Cl)c4c3)cn2)CC1. The van der Waals surface area contributed by atoms with Gasteiger partial charge in [-0.15, -0.1) is 0 Å². The van der Waals surface area contributed by atoms with Crippen LogP contribution in [0, 0.1) is 5.82 Å². The molecule has 1 aliphatic rings. The maximum atomic E-state index is 13.3. The molecule has 9 heteroatoms. The number of benzene rings is 1. The molecule has 3 aromatic heterocycles. The van der Waals surface area contributed by atoms with Crippen molar-refractivity contribution >= 4 is 40.9 Å². The summed E-state index contributed by atoms with van der Waals surface area (Å²) in [7, 11) is 0. The van der Waals surface area contributed by atoms with Crippen LogP contribution in [-0.4, -0.2) is 48.9 Å². The smallest absolute Gasteiger partial charge is 0.407 e. The van der Waals surface area contributed by atoms with Gasteiger partial charge in [0.25, 0.3) is 0 Å². The zero-order valence-electron chi connectivity index (χ0n) is 17.6. The summed E-state index contributed by atoms with van der Waals surface area (Å²) in [6, 6.07) is 6.54. The van der Waals surface area contributed by atoms with E-state index in [2.05, 4.69) is 21.1 Å². The Morgan fingerprint density at radius 3 is 2.70 bits per heavy atom. The number of aromatic amines is 1. The zero-order chi connectivity index (χ0) is 22.9. The maximum absolute atomic E-state index is 13.3. The van der Waals surface area contributed by atoms with Crippen LogP contribution in [-0.2, 0) is 0 Å². The highest BCUT2D eigenvalue weighted by Gasteiger charge is 2.24. The average Bonchev–Trinajstić information content (AvgIpc) is 3.46. The summed E-state index contributed by atoms with van der Waals surface area (Å²) < 4.78 is 15.2. The number of nitrogens with zero attached hydrogens (tertiary/aromatic N) is 4. The van der Waals surface area contributed by atoms with Gasteiger partial charge in [0.2, 0.25) is 0 Å². The van der Waals surface area contributed by atoms with Crippen LogP contribution in [0.4, 0.5) is 9.18 Å². The molecule has 0 bridgehead atoms. The van der Waals surface area contributed by atoms with Crippen LogP contribution in [0.2, 0.25) is 5.02 Å². The number of carbonyl (C=O) groups is 1. The predicted molar refractivity (Wildman–Crippen MR) is 126 cm³/mol. The lowest BCUT2D eigenvalue weighted by atomic mass is 10.1. The Balaban J connectivity index is 1.38. The van der Waals surface area contributed by atoms with Crippen LogP contribution in [0.1, 0.15) is 30.0 Å². The fraction of sp³-hybridized carbons (Fsp3) is 0.208. The van der Waals surface area contributed by atoms with Crippen molar-refractivity contribution in [1.82, 2.24) is 24.6 Å². The van der Waals surface area contributed by atoms with E-state index in [4.69, 9.17) is 16.7 Å². The molecule has 4 heterocycles. The van der Waals surface area contributed by atoms with Crippen LogP contribution in [0.3, 0.4) is 0 Å². The lowest BCUT2D eigenvalue weighted by Gasteiger charge is -2.30. The quantitative estimate of drug-likeness (QED) is 0.404. The Bertz CT molecular complexity index is 1350. The van der Waals surface area contributed by atoms with Gasteiger partial charge >= 0.3 is 6.09 Å². The van der Waals surface area contributed by atoms with Crippen molar-refractivity contribution in [3.8, 4) is 11.1 Å². The van der Waals surface area contributed by atoms with E-state index in [9.17, 15) is 9.18 Å². The highest BCUT2D eigenvalue weighted by Crippen LogP contribution is 2.29. The summed E-state index contributed by atoms with van der Waals surface area (Å²) in [4.78, 5) is 20.3. The van der Waals surface area contributed by atoms with Crippen LogP contribution in [0.25, 0.3) is 34.3 Å². The summed E-state index contributed by atoms with van der Waals surface area (Å²) in [6.45, 7) is 1.03. The monoisotopic (exact) mass is 465 g/mol. The Morgan fingerprint density at radius 1 is 1.15 bits per heavy atom. The van der Waals surface area contributed by atoms with Gasteiger partial charge < -0.3 is 15.0 Å². The second-order valence-corrected chi connectivity index (χ2v) is 8.48. The highest BCUT2D eigenvalue weighted by atomic mass is 35.5. The lowest BCUT2D eigenvalue weighted by Crippen LogP contribution is -2.38. The molecule has 1 fully saturated rings. The van der Waals surface area contributed by atoms with Gasteiger partial charge in [-0.25, -0.2) is 14.2 Å². The first-order chi connectivity index (χ1) is 16.0. The number of halogens is 2. The Hall–Kier alpha value is -3.65. The third-order valence-electron chi connectivity index (χ3n) is 6.01. The second-order valence-electron chi connectivity index (χ2n) is 8.07. The van der Waals surface area contributed by atoms with E-state index in [0.29, 0.717) is 18.1 Å². The number of piperidine rings is 1. The molecule has 5 rings (SSSR count). The molecule has 1 aliphatic heterocycles. The number of nitrogens with one attached hydrogen (secondary N) is 1. The zero-order valence-corrected chi connectivity index (χ0v) is 18.3. The number of rotatable bonds is 4. The van der Waals surface area contributed by atoms with Gasteiger partial charge in [-0.3, -0.25) is 4.68 Å². The van der Waals surface area contributed by atoms with Gasteiger partial charge in [-0.2, -0.15) is 5.10 Å². The normalized spacial score (nSPS) is 15.0. The summed E-state index contributed by atoms with van der Waals surface area (Å²) in [5, 5.41) is 15.0. The molecule has 1 saturated heterocycles. The first-order valence-electron chi connectivity index (χ1n) is 10.6. The minimum Gasteiger partial charge on any atom is -0.465 e. The van der Waals surface area contributed by atoms with E-state index in [1.165, 1.54) is 17.0 Å². The summed E-state index contributed by atoms with van der Waals surface area (Å²) in [5.41, 5.74) is 4.31. The Kier molecular flexibility index (Phi) is 5.60. The molecule has 0 saturated carbocycles. The third kappa shape index (κ3) is 4.34. The van der Waals surface area contributed by atoms with Crippen LogP contribution >= 0.6 is 11.6 Å². The number of fused-ring (bicyclic) bond motifs is 1. The van der Waals surface area contributed by atoms with Gasteiger partial charge in [0, 0.05) is 53.8 Å². The van der Waals surface area contributed by atoms with Gasteiger partial charge in [-0.05, 0) is 36.6 Å². The van der Waals surface area contributed by atoms with Crippen molar-refractivity contribution in [3.05, 3.63) is 71.0 Å². The number of likely N-dealkylation sites (tertiary alicyclic amines) is 1. The second kappa shape index (κ2) is 8.71. The van der Waals surface area contributed by atoms with Crippen molar-refractivity contribution in [2.75, 3.05) is 13.1 Å². The molecule has 0 aliphatic carbocycles. The van der Waals surface area contributed by atoms with Crippen LogP contribution in [0.5, 0.6) is 0 Å². The molecule has 168 valence electrons. The van der Waals surface area contributed by atoms with Crippen molar-refractivity contribution in [2.45, 2.75) is 18.9 Å². The molecular weight excluding hydrogens is 445 g/mol. The first kappa shape index (κ1) is 21.2. The number of aromatic nitrogens is 4. The molecule has 1 aromatic carbocycles. The van der Waals surface area contributed by atoms with Gasteiger partial charge in [0.1, 0.15) is 11.5 Å². The Labute approximate surface area is 194 Å². The minimum absolute atomic E-state index is 0.178. The lowest BCUT2D eigenvalue weighted by molar-refractivity contribution is 0.124. The molecule has 7 nitrogen and oxygen atoms in total. The van der Waals surface area contributed by atoms with Crippen LogP contribution in [0.15, 0.2) is 49.1 Å². The fourth-order valence-corrected chi connectivity index (χ4v) is 4.37. The third-order valence-corrected chi connectivity index (χ3v) is 6.34. The van der Waals surface area contributed by atoms with Crippen molar-refractivity contribution in [3.63, 3.8) is 0 Å². The molecule has 33 heavy (non-hydrogen) atoms. The van der Waals surface area contributed by atoms with E-state index in [0.717, 1.165) is 46.1 Å². The molecule has 4 aromatic rings. The fourth-order valence-electron chi connectivity index (χ4n) is 4.14. The molecule has 0 atom stereocenters. The number of amides is 1. The molecule has 0 unspecified atom stereocenters. The highest BCUT2D eigenvalue weighted by molar-refractivity contribution is 6.32. The number of H-pyrrole nitrogens is 1. The summed E-state index contributed by atoms with van der Waals surface area (Å²) in [6.07, 6.45) is 11.9. The topological polar surface area (TPSA) is 87.0 Å². The number of carboxylic acid groups (broad SMARTS) is 1. The van der Waals surface area contributed by atoms with E-state index in [1.807, 2.05) is 35.4 Å². The Morgan fingerprint density at radius 2 is 1.94 bits per heavy atom. The van der Waals surface area contributed by atoms with E-state index < -0.39 is 6.09 Å². The van der Waals surface area contributed by atoms with Gasteiger partial charge in [0.05, 0.1) is 17.3 Å². The van der Waals surface area contributed by atoms with Gasteiger partial charge in [-0.1, -0.05) is 29.8 Å². The molecule has 2 N–H and O–H groups in total. The van der Waals surface area contributed by atoms with E-state index in [1.54, 1.807) is 12.3 Å². The number of hydrogen-bond donors (Lipinski definition) is 2. The predicted octanol–water partition coefficient (Wildman–Crippen LogP) is 5.70. The largest absolute Gasteiger partial charge is 0.465 e. The minimum atomic E-state index is -0.868. The van der Waals surface area contributed by atoms with Crippen molar-refractivity contribution in [1.29, 1.82) is 0 Å². The van der Waals surface area contributed by atoms with Crippen LogP contribution < -0.4 is 0 Å². The van der Waals surface area contributed by atoms with E-state index in [-0.39, 0.29) is 11.9 Å². The molecule has 0 radical (unpaired) electrons. The van der Waals surface area contributed by atoms with Crippen molar-refractivity contribution in [2.24, 2.45) is 0 Å². The molecule has 1 amide bonds. The summed E-state index contributed by atoms with van der Waals surface area (Å²) >= 11 is 6.13. The number of hydrogen-bond acceptors (Lipinski definition) is 3. The molecule has 0 spiro atoms. The summed E-state index contributed by atoms with van der Waals surface area (Å²) in [5.74, 6) is -0.369. The average molecular weight is 466 g/mol. The van der Waals surface area contributed by atoms with E-state index >= 15 is 0 Å². The standard InChI is InChI=1S/C24H21ClFN5O2/c25-22-10-19(26)4-3-15(22)1-2-16-11-27-23-21(16)9-17(12-28-23)18-13-29-31(14-18)20-5-7-30(8-6-20)24(32)33/h1-4,9-14,20H,5-8H2,(H,27,28)(H,32,33). The van der Waals surface area contributed by atoms with Crippen molar-refractivity contribution < 1.29 is 14.3 Å². The molecular formula is C24H21ClFN5O2.